The van der Waals surface area contributed by atoms with Crippen molar-refractivity contribution in [2.75, 3.05) is 19.0 Å². The van der Waals surface area contributed by atoms with Crippen LogP contribution in [-0.2, 0) is 24.4 Å². The van der Waals surface area contributed by atoms with Crippen molar-refractivity contribution in [1.82, 2.24) is 19.9 Å². The predicted molar refractivity (Wildman–Crippen MR) is 186 cm³/mol. The van der Waals surface area contributed by atoms with Gasteiger partial charge in [-0.25, -0.2) is 17.8 Å². The van der Waals surface area contributed by atoms with Crippen molar-refractivity contribution in [2.45, 2.75) is 86.8 Å². The molecular formula is C35H40FN5O7S2. The zero-order valence-corrected chi connectivity index (χ0v) is 29.2. The molecule has 15 heteroatoms. The third kappa shape index (κ3) is 7.29. The number of nitrogens with one attached hydrogen (secondary N) is 3. The molecule has 5 atom stereocenters. The standard InChI is InChI=1S/C35H40FN5O7S2/c1-47-24-12-15-27-30(18-24)49-34(38-27)48-25-17-29-31(42)39-35(33(44)40-50(45,46)26-13-14-26)19-21(35)8-5-3-2-4-6-11-28(32(43)41(29)20-25)37-23-10-7-9-22(36)16-23/h5,7-10,12,15-16,18,21,25-26,28-29,37H,2-4,6,11,13-14,17,19-20H2,1H3,(H,39,42)(H,40,44)/b8-5-/t21-,25+,28-,29-,35+/m0/s1. The average Bonchev–Trinajstić information content (AvgIpc) is 3.98. The fourth-order valence-corrected chi connectivity index (χ4v) is 9.10. The summed E-state index contributed by atoms with van der Waals surface area (Å²) in [4.78, 5) is 48.3. The van der Waals surface area contributed by atoms with Crippen LogP contribution < -0.4 is 24.8 Å². The number of halogens is 1. The Hall–Kier alpha value is -4.24. The molecule has 2 aliphatic carbocycles. The molecular weight excluding hydrogens is 686 g/mol. The van der Waals surface area contributed by atoms with Crippen LogP contribution >= 0.6 is 11.3 Å². The first-order valence-electron chi connectivity index (χ1n) is 17.0. The highest BCUT2D eigenvalue weighted by molar-refractivity contribution is 7.91. The second-order valence-corrected chi connectivity index (χ2v) is 16.5. The number of sulfonamides is 1. The predicted octanol–water partition coefficient (Wildman–Crippen LogP) is 4.28. The first-order chi connectivity index (χ1) is 24.0. The second-order valence-electron chi connectivity index (χ2n) is 13.5. The van der Waals surface area contributed by atoms with Crippen LogP contribution in [0, 0.1) is 11.7 Å². The topological polar surface area (TPSA) is 156 Å². The molecule has 1 saturated heterocycles. The summed E-state index contributed by atoms with van der Waals surface area (Å²) in [5.74, 6) is -1.87. The molecule has 0 bridgehead atoms. The molecule has 2 aromatic carbocycles. The number of rotatable bonds is 8. The Morgan fingerprint density at radius 1 is 1.12 bits per heavy atom. The number of hydrogen-bond donors (Lipinski definition) is 3. The summed E-state index contributed by atoms with van der Waals surface area (Å²) in [5, 5.41) is 5.85. The Morgan fingerprint density at radius 3 is 2.74 bits per heavy atom. The maximum absolute atomic E-state index is 14.4. The summed E-state index contributed by atoms with van der Waals surface area (Å²) in [5.41, 5.74) is -0.307. The number of benzene rings is 2. The van der Waals surface area contributed by atoms with Gasteiger partial charge in [0.2, 0.25) is 21.8 Å². The van der Waals surface area contributed by atoms with E-state index in [1.54, 1.807) is 25.3 Å². The van der Waals surface area contributed by atoms with E-state index in [2.05, 4.69) is 20.3 Å². The number of amides is 3. The molecule has 1 aromatic heterocycles. The van der Waals surface area contributed by atoms with E-state index in [4.69, 9.17) is 9.47 Å². The molecule has 0 spiro atoms. The van der Waals surface area contributed by atoms with Crippen LogP contribution in [0.15, 0.2) is 54.6 Å². The van der Waals surface area contributed by atoms with E-state index in [0.29, 0.717) is 47.8 Å². The van der Waals surface area contributed by atoms with Gasteiger partial charge in [-0.2, -0.15) is 0 Å². The molecule has 50 heavy (non-hydrogen) atoms. The number of anilines is 1. The minimum atomic E-state index is -3.86. The monoisotopic (exact) mass is 725 g/mol. The summed E-state index contributed by atoms with van der Waals surface area (Å²) < 4.78 is 54.4. The van der Waals surface area contributed by atoms with Crippen LogP contribution in [0.4, 0.5) is 10.1 Å². The second kappa shape index (κ2) is 13.8. The summed E-state index contributed by atoms with van der Waals surface area (Å²) in [6.45, 7) is 0.0656. The normalized spacial score (nSPS) is 28.0. The molecule has 3 aromatic rings. The Balaban J connectivity index is 1.18. The zero-order valence-electron chi connectivity index (χ0n) is 27.6. The summed E-state index contributed by atoms with van der Waals surface area (Å²) in [6, 6.07) is 9.57. The van der Waals surface area contributed by atoms with Crippen molar-refractivity contribution >= 4 is 55.0 Å². The van der Waals surface area contributed by atoms with Gasteiger partial charge in [0.05, 0.1) is 29.1 Å². The lowest BCUT2D eigenvalue weighted by Crippen LogP contribution is -2.57. The highest BCUT2D eigenvalue weighted by atomic mass is 32.2. The molecule has 0 unspecified atom stereocenters. The third-order valence-corrected chi connectivity index (χ3v) is 12.6. The minimum absolute atomic E-state index is 0.0656. The lowest BCUT2D eigenvalue weighted by molar-refractivity contribution is -0.140. The summed E-state index contributed by atoms with van der Waals surface area (Å²) >= 11 is 1.32. The number of thiazole rings is 1. The van der Waals surface area contributed by atoms with Crippen LogP contribution in [0.2, 0.25) is 0 Å². The Labute approximate surface area is 293 Å². The van der Waals surface area contributed by atoms with Gasteiger partial charge in [-0.05, 0) is 74.9 Å². The van der Waals surface area contributed by atoms with Gasteiger partial charge in [0.15, 0.2) is 0 Å². The number of ether oxygens (including phenoxy) is 2. The van der Waals surface area contributed by atoms with Crippen molar-refractivity contribution in [3.63, 3.8) is 0 Å². The van der Waals surface area contributed by atoms with Crippen LogP contribution in [0.25, 0.3) is 10.2 Å². The molecule has 4 aliphatic rings. The summed E-state index contributed by atoms with van der Waals surface area (Å²) in [7, 11) is -2.28. The largest absolute Gasteiger partial charge is 0.497 e. The van der Waals surface area contributed by atoms with Crippen molar-refractivity contribution in [3.8, 4) is 10.9 Å². The highest BCUT2D eigenvalue weighted by Crippen LogP contribution is 2.46. The number of hydrogen-bond acceptors (Lipinski definition) is 10. The molecule has 3 amide bonds. The van der Waals surface area contributed by atoms with Gasteiger partial charge in [0, 0.05) is 18.0 Å². The number of methoxy groups -OCH3 is 1. The van der Waals surface area contributed by atoms with E-state index < -0.39 is 62.5 Å². The van der Waals surface area contributed by atoms with Crippen molar-refractivity contribution in [3.05, 3.63) is 60.4 Å². The van der Waals surface area contributed by atoms with Crippen molar-refractivity contribution in [2.24, 2.45) is 5.92 Å². The quantitative estimate of drug-likeness (QED) is 0.289. The van der Waals surface area contributed by atoms with Crippen LogP contribution in [0.1, 0.15) is 57.8 Å². The molecule has 266 valence electrons. The van der Waals surface area contributed by atoms with Crippen LogP contribution in [-0.4, -0.2) is 78.7 Å². The zero-order chi connectivity index (χ0) is 35.0. The van der Waals surface area contributed by atoms with Gasteiger partial charge >= 0.3 is 0 Å². The first kappa shape index (κ1) is 34.2. The van der Waals surface area contributed by atoms with Crippen molar-refractivity contribution < 1.29 is 36.7 Å². The van der Waals surface area contributed by atoms with Crippen molar-refractivity contribution in [1.29, 1.82) is 0 Å². The number of nitrogens with zero attached hydrogens (tertiary/aromatic N) is 2. The number of carbonyl (C=O) groups is 3. The van der Waals surface area contributed by atoms with E-state index in [0.717, 1.165) is 24.0 Å². The van der Waals surface area contributed by atoms with Gasteiger partial charge < -0.3 is 25.0 Å². The molecule has 0 radical (unpaired) electrons. The van der Waals surface area contributed by atoms with Gasteiger partial charge in [-0.15, -0.1) is 0 Å². The number of fused-ring (bicyclic) bond motifs is 3. The molecule has 3 heterocycles. The smallest absolute Gasteiger partial charge is 0.274 e. The molecule has 3 fully saturated rings. The minimum Gasteiger partial charge on any atom is -0.497 e. The Morgan fingerprint density at radius 2 is 1.96 bits per heavy atom. The lowest BCUT2D eigenvalue weighted by atomic mass is 10.0. The molecule has 2 aliphatic heterocycles. The van der Waals surface area contributed by atoms with Crippen LogP contribution in [0.3, 0.4) is 0 Å². The van der Waals surface area contributed by atoms with Gasteiger partial charge in [0.25, 0.3) is 11.1 Å². The fourth-order valence-electron chi connectivity index (χ4n) is 6.83. The van der Waals surface area contributed by atoms with Gasteiger partial charge in [-0.3, -0.25) is 19.1 Å². The lowest BCUT2D eigenvalue weighted by Gasteiger charge is -2.30. The fraction of sp³-hybridized carbons (Fsp3) is 0.486. The van der Waals surface area contributed by atoms with Gasteiger partial charge in [0.1, 0.15) is 35.3 Å². The Kier molecular flexibility index (Phi) is 9.46. The SMILES string of the molecule is COc1ccc2nc(O[C@@H]3C[C@H]4C(=O)N[C@]5(C(=O)NS(=O)(=O)C6CC6)C[C@@H]5/C=C\CCCCC[C@H](Nc5cccc(F)c5)C(=O)N4C3)sc2c1. The van der Waals surface area contributed by atoms with E-state index >= 15 is 0 Å². The third-order valence-electron chi connectivity index (χ3n) is 9.85. The maximum Gasteiger partial charge on any atom is 0.274 e. The molecule has 2 saturated carbocycles. The number of allylic oxidation sites excluding steroid dienone is 1. The molecule has 12 nitrogen and oxygen atoms in total. The van der Waals surface area contributed by atoms with E-state index in [-0.39, 0.29) is 25.3 Å². The summed E-state index contributed by atoms with van der Waals surface area (Å²) in [6.07, 6.45) is 8.10. The van der Waals surface area contributed by atoms with E-state index in [1.165, 1.54) is 28.4 Å². The first-order valence-corrected chi connectivity index (χ1v) is 19.4. The molecule has 3 N–H and O–H groups in total. The number of carbonyl (C=O) groups excluding carboxylic acids is 3. The molecule has 7 rings (SSSR count). The maximum atomic E-state index is 14.4. The highest BCUT2D eigenvalue weighted by Gasteiger charge is 2.62. The van der Waals surface area contributed by atoms with Crippen LogP contribution in [0.5, 0.6) is 10.9 Å². The Bertz CT molecular complexity index is 1930. The van der Waals surface area contributed by atoms with Gasteiger partial charge in [-0.1, -0.05) is 42.4 Å². The van der Waals surface area contributed by atoms with E-state index in [9.17, 15) is 27.2 Å². The average molecular weight is 726 g/mol. The number of aromatic nitrogens is 1. The van der Waals surface area contributed by atoms with E-state index in [1.807, 2.05) is 24.3 Å².